The zero-order valence-electron chi connectivity index (χ0n) is 9.70. The number of aliphatic hydroxyl groups excluding tert-OH is 5. The first-order valence-electron chi connectivity index (χ1n) is 5.39. The average Bonchev–Trinajstić information content (AvgIpc) is 2.38. The molecule has 1 fully saturated rings. The van der Waals surface area contributed by atoms with Crippen molar-refractivity contribution in [2.75, 3.05) is 6.61 Å². The molecule has 0 aromatic rings. The maximum absolute atomic E-state index is 10.9. The number of aliphatic carboxylic acids is 1. The summed E-state index contributed by atoms with van der Waals surface area (Å²) in [5.74, 6) is -5.18. The zero-order valence-corrected chi connectivity index (χ0v) is 9.70. The van der Waals surface area contributed by atoms with Crippen LogP contribution in [0, 0.1) is 0 Å². The van der Waals surface area contributed by atoms with Crippen LogP contribution in [0.5, 0.6) is 0 Å². The van der Waals surface area contributed by atoms with Crippen LogP contribution in [0.2, 0.25) is 0 Å². The van der Waals surface area contributed by atoms with Crippen LogP contribution in [0.1, 0.15) is 0 Å². The maximum atomic E-state index is 10.9. The summed E-state index contributed by atoms with van der Waals surface area (Å²) in [6.45, 7) is -0.877. The Hall–Kier alpha value is -0.850. The topological polar surface area (TPSA) is 194 Å². The van der Waals surface area contributed by atoms with Crippen LogP contribution < -0.4 is 5.73 Å². The highest BCUT2D eigenvalue weighted by atomic mass is 16.7. The van der Waals surface area contributed by atoms with Gasteiger partial charge in [0.05, 0.1) is 12.6 Å². The van der Waals surface area contributed by atoms with E-state index in [0.717, 1.165) is 0 Å². The maximum Gasteiger partial charge on any atom is 0.367 e. The molecule has 0 saturated carbocycles. The Morgan fingerprint density at radius 2 is 1.89 bits per heavy atom. The van der Waals surface area contributed by atoms with Crippen molar-refractivity contribution >= 4 is 5.97 Å². The molecular formula is C9H17NO9. The van der Waals surface area contributed by atoms with Crippen molar-refractivity contribution < 1.29 is 45.3 Å². The summed E-state index contributed by atoms with van der Waals surface area (Å²) in [5, 5.41) is 65.0. The Balaban J connectivity index is 3.04. The SMILES string of the molecule is N[C@H]1[C@H]([C@H](O)[C@H](O)CO)OC(O)(C(=O)O)C(O)[C@@H]1O. The third-order valence-electron chi connectivity index (χ3n) is 3.04. The van der Waals surface area contributed by atoms with E-state index in [9.17, 15) is 30.3 Å². The zero-order chi connectivity index (χ0) is 15.0. The summed E-state index contributed by atoms with van der Waals surface area (Å²) >= 11 is 0. The van der Waals surface area contributed by atoms with E-state index in [0.29, 0.717) is 0 Å². The predicted molar refractivity (Wildman–Crippen MR) is 56.5 cm³/mol. The van der Waals surface area contributed by atoms with E-state index >= 15 is 0 Å². The molecule has 0 aromatic carbocycles. The summed E-state index contributed by atoms with van der Waals surface area (Å²) in [6, 6.07) is -1.48. The van der Waals surface area contributed by atoms with Gasteiger partial charge < -0.3 is 46.2 Å². The van der Waals surface area contributed by atoms with E-state index in [4.69, 9.17) is 15.9 Å². The van der Waals surface area contributed by atoms with Crippen molar-refractivity contribution in [3.05, 3.63) is 0 Å². The van der Waals surface area contributed by atoms with E-state index in [2.05, 4.69) is 4.74 Å². The van der Waals surface area contributed by atoms with Gasteiger partial charge in [0.25, 0.3) is 5.79 Å². The number of nitrogens with two attached hydrogens (primary N) is 1. The molecule has 0 aromatic heterocycles. The van der Waals surface area contributed by atoms with Gasteiger partial charge in [0.15, 0.2) is 0 Å². The number of hydrogen-bond donors (Lipinski definition) is 8. The van der Waals surface area contributed by atoms with Gasteiger partial charge in [-0.15, -0.1) is 0 Å². The third-order valence-corrected chi connectivity index (χ3v) is 3.04. The summed E-state index contributed by atoms with van der Waals surface area (Å²) in [7, 11) is 0. The third kappa shape index (κ3) is 2.70. The standard InChI is InChI=1S/C9H17NO9/c10-3-5(14)7(15)9(18,8(16)17)19-6(3)4(13)2(12)1-11/h2-7,11-15,18H,1,10H2,(H,16,17)/t2-,3-,4-,5-,6-,7?,9?/m1/s1. The second-order valence-corrected chi connectivity index (χ2v) is 4.34. The summed E-state index contributed by atoms with van der Waals surface area (Å²) < 4.78 is 4.61. The predicted octanol–water partition coefficient (Wildman–Crippen LogP) is -5.08. The first-order valence-corrected chi connectivity index (χ1v) is 5.39. The van der Waals surface area contributed by atoms with Crippen LogP contribution in [0.3, 0.4) is 0 Å². The first kappa shape index (κ1) is 16.2. The van der Waals surface area contributed by atoms with Gasteiger partial charge in [-0.05, 0) is 0 Å². The van der Waals surface area contributed by atoms with E-state index in [1.807, 2.05) is 0 Å². The summed E-state index contributed by atoms with van der Waals surface area (Å²) in [4.78, 5) is 10.9. The fourth-order valence-electron chi connectivity index (χ4n) is 1.79. The largest absolute Gasteiger partial charge is 0.477 e. The highest BCUT2D eigenvalue weighted by molar-refractivity contribution is 5.76. The van der Waals surface area contributed by atoms with Crippen molar-refractivity contribution in [3.8, 4) is 0 Å². The smallest absolute Gasteiger partial charge is 0.367 e. The van der Waals surface area contributed by atoms with Crippen LogP contribution in [0.25, 0.3) is 0 Å². The Morgan fingerprint density at radius 3 is 2.32 bits per heavy atom. The number of hydrogen-bond acceptors (Lipinski definition) is 9. The van der Waals surface area contributed by atoms with Crippen LogP contribution in [-0.4, -0.2) is 90.7 Å². The van der Waals surface area contributed by atoms with Crippen molar-refractivity contribution in [3.63, 3.8) is 0 Å². The fraction of sp³-hybridized carbons (Fsp3) is 0.889. The molecule has 1 rings (SSSR count). The van der Waals surface area contributed by atoms with E-state index in [-0.39, 0.29) is 0 Å². The number of aliphatic hydroxyl groups is 6. The highest BCUT2D eigenvalue weighted by Gasteiger charge is 2.58. The molecule has 0 bridgehead atoms. The fourth-order valence-corrected chi connectivity index (χ4v) is 1.79. The molecule has 9 N–H and O–H groups in total. The molecule has 2 unspecified atom stereocenters. The molecule has 1 aliphatic heterocycles. The van der Waals surface area contributed by atoms with Gasteiger partial charge in [0.2, 0.25) is 0 Å². The van der Waals surface area contributed by atoms with Crippen molar-refractivity contribution in [1.82, 2.24) is 0 Å². The Morgan fingerprint density at radius 1 is 1.37 bits per heavy atom. The Bertz CT molecular complexity index is 336. The quantitative estimate of drug-likeness (QED) is 0.247. The van der Waals surface area contributed by atoms with Gasteiger partial charge in [-0.2, -0.15) is 0 Å². The van der Waals surface area contributed by atoms with Crippen molar-refractivity contribution in [2.24, 2.45) is 5.73 Å². The minimum Gasteiger partial charge on any atom is -0.477 e. The van der Waals surface area contributed by atoms with E-state index in [1.54, 1.807) is 0 Å². The molecule has 1 aliphatic rings. The number of carboxylic acid groups (broad SMARTS) is 1. The minimum absolute atomic E-state index is 0.877. The monoisotopic (exact) mass is 283 g/mol. The number of carbonyl (C=O) groups is 1. The van der Waals surface area contributed by atoms with Gasteiger partial charge in [0, 0.05) is 0 Å². The number of ether oxygens (including phenoxy) is 1. The lowest BCUT2D eigenvalue weighted by molar-refractivity contribution is -0.330. The van der Waals surface area contributed by atoms with Gasteiger partial charge in [-0.25, -0.2) is 4.79 Å². The van der Waals surface area contributed by atoms with Crippen LogP contribution in [0.15, 0.2) is 0 Å². The molecule has 7 atom stereocenters. The molecule has 1 heterocycles. The normalized spacial score (nSPS) is 42.7. The molecule has 10 nitrogen and oxygen atoms in total. The van der Waals surface area contributed by atoms with Gasteiger partial charge in [-0.1, -0.05) is 0 Å². The molecule has 0 spiro atoms. The molecule has 0 radical (unpaired) electrons. The van der Waals surface area contributed by atoms with Gasteiger partial charge >= 0.3 is 5.97 Å². The number of carboxylic acids is 1. The lowest BCUT2D eigenvalue weighted by atomic mass is 9.87. The lowest BCUT2D eigenvalue weighted by Crippen LogP contribution is -2.72. The summed E-state index contributed by atoms with van der Waals surface area (Å²) in [6.07, 6.45) is -9.46. The molecule has 112 valence electrons. The van der Waals surface area contributed by atoms with Crippen molar-refractivity contribution in [1.29, 1.82) is 0 Å². The first-order chi connectivity index (χ1) is 8.66. The molecule has 19 heavy (non-hydrogen) atoms. The second kappa shape index (κ2) is 5.64. The van der Waals surface area contributed by atoms with E-state index in [1.165, 1.54) is 0 Å². The average molecular weight is 283 g/mol. The van der Waals surface area contributed by atoms with Crippen LogP contribution >= 0.6 is 0 Å². The lowest BCUT2D eigenvalue weighted by Gasteiger charge is -2.45. The molecular weight excluding hydrogens is 266 g/mol. The molecule has 0 aliphatic carbocycles. The Kier molecular flexibility index (Phi) is 4.81. The minimum atomic E-state index is -3.18. The van der Waals surface area contributed by atoms with E-state index < -0.39 is 54.9 Å². The Labute approximate surface area is 107 Å². The van der Waals surface area contributed by atoms with Crippen LogP contribution in [0.4, 0.5) is 0 Å². The van der Waals surface area contributed by atoms with Gasteiger partial charge in [0.1, 0.15) is 30.5 Å². The molecule has 0 amide bonds. The summed E-state index contributed by atoms with van der Waals surface area (Å²) in [5.41, 5.74) is 5.44. The number of rotatable bonds is 4. The molecule has 10 heteroatoms. The van der Waals surface area contributed by atoms with Gasteiger partial charge in [-0.3, -0.25) is 0 Å². The molecule has 1 saturated heterocycles. The van der Waals surface area contributed by atoms with Crippen LogP contribution in [-0.2, 0) is 9.53 Å². The second-order valence-electron chi connectivity index (χ2n) is 4.34. The van der Waals surface area contributed by atoms with Crippen molar-refractivity contribution in [2.45, 2.75) is 42.3 Å². The highest BCUT2D eigenvalue weighted by Crippen LogP contribution is 2.29.